The SMILES string of the molecule is C=CCC(C)(C=CC(=C)C)CCC. The summed E-state index contributed by atoms with van der Waals surface area (Å²) in [5.41, 5.74) is 1.39. The lowest BCUT2D eigenvalue weighted by atomic mass is 9.82. The van der Waals surface area contributed by atoms with Crippen LogP contribution in [0, 0.1) is 5.41 Å². The zero-order valence-corrected chi connectivity index (χ0v) is 9.27. The third kappa shape index (κ3) is 5.46. The Morgan fingerprint density at radius 2 is 2.08 bits per heavy atom. The van der Waals surface area contributed by atoms with Gasteiger partial charge in [-0.05, 0) is 25.2 Å². The summed E-state index contributed by atoms with van der Waals surface area (Å²) < 4.78 is 0. The van der Waals surface area contributed by atoms with Crippen molar-refractivity contribution in [3.05, 3.63) is 37.0 Å². The molecule has 0 aliphatic rings. The smallest absolute Gasteiger partial charge is 0.0109 e. The van der Waals surface area contributed by atoms with Gasteiger partial charge in [-0.15, -0.1) is 6.58 Å². The van der Waals surface area contributed by atoms with Gasteiger partial charge < -0.3 is 0 Å². The Kier molecular flexibility index (Phi) is 5.45. The molecule has 0 aromatic carbocycles. The Labute approximate surface area is 83.0 Å². The first kappa shape index (κ1) is 12.2. The summed E-state index contributed by atoms with van der Waals surface area (Å²) >= 11 is 0. The van der Waals surface area contributed by atoms with Crippen LogP contribution in [0.3, 0.4) is 0 Å². The van der Waals surface area contributed by atoms with Crippen molar-refractivity contribution >= 4 is 0 Å². The Bertz CT molecular complexity index is 198. The second-order valence-electron chi connectivity index (χ2n) is 4.08. The van der Waals surface area contributed by atoms with Gasteiger partial charge in [-0.25, -0.2) is 0 Å². The fraction of sp³-hybridized carbons (Fsp3) is 0.538. The third-order valence-corrected chi connectivity index (χ3v) is 2.20. The van der Waals surface area contributed by atoms with Crippen LogP contribution in [0.15, 0.2) is 37.0 Å². The average molecular weight is 178 g/mol. The number of allylic oxidation sites excluding steroid dienone is 4. The maximum atomic E-state index is 3.87. The predicted octanol–water partition coefficient (Wildman–Crippen LogP) is 4.50. The van der Waals surface area contributed by atoms with E-state index in [-0.39, 0.29) is 5.41 Å². The minimum atomic E-state index is 0.273. The monoisotopic (exact) mass is 178 g/mol. The minimum absolute atomic E-state index is 0.273. The molecule has 1 unspecified atom stereocenters. The van der Waals surface area contributed by atoms with Crippen molar-refractivity contribution in [1.29, 1.82) is 0 Å². The number of rotatable bonds is 6. The summed E-state index contributed by atoms with van der Waals surface area (Å²) in [4.78, 5) is 0. The summed E-state index contributed by atoms with van der Waals surface area (Å²) in [5, 5.41) is 0. The summed E-state index contributed by atoms with van der Waals surface area (Å²) in [5.74, 6) is 0. The molecule has 0 N–H and O–H groups in total. The van der Waals surface area contributed by atoms with E-state index in [1.54, 1.807) is 0 Å². The van der Waals surface area contributed by atoms with Crippen LogP contribution in [0.1, 0.15) is 40.0 Å². The van der Waals surface area contributed by atoms with Gasteiger partial charge in [0.2, 0.25) is 0 Å². The highest BCUT2D eigenvalue weighted by molar-refractivity contribution is 5.15. The molecule has 0 rings (SSSR count). The molecule has 0 saturated heterocycles. The van der Waals surface area contributed by atoms with Crippen LogP contribution in [0.5, 0.6) is 0 Å². The quantitative estimate of drug-likeness (QED) is 0.415. The fourth-order valence-corrected chi connectivity index (χ4v) is 1.50. The molecule has 74 valence electrons. The Morgan fingerprint density at radius 3 is 2.46 bits per heavy atom. The second kappa shape index (κ2) is 5.80. The zero-order chi connectivity index (χ0) is 10.3. The first-order valence-electron chi connectivity index (χ1n) is 4.99. The van der Waals surface area contributed by atoms with E-state index in [2.05, 4.69) is 39.2 Å². The van der Waals surface area contributed by atoms with Crippen LogP contribution in [0.25, 0.3) is 0 Å². The lowest BCUT2D eigenvalue weighted by Gasteiger charge is -2.23. The van der Waals surface area contributed by atoms with Crippen LogP contribution in [-0.4, -0.2) is 0 Å². The van der Waals surface area contributed by atoms with Gasteiger partial charge in [0.05, 0.1) is 0 Å². The standard InChI is InChI=1S/C13H22/c1-6-9-13(5,10-7-2)11-8-12(3)4/h6,8,11H,1,3,7,9-10H2,2,4-5H3. The summed E-state index contributed by atoms with van der Waals surface area (Å²) in [6.45, 7) is 14.2. The fourth-order valence-electron chi connectivity index (χ4n) is 1.50. The summed E-state index contributed by atoms with van der Waals surface area (Å²) in [7, 11) is 0. The van der Waals surface area contributed by atoms with Gasteiger partial charge in [0.1, 0.15) is 0 Å². The summed E-state index contributed by atoms with van der Waals surface area (Å²) in [6, 6.07) is 0. The van der Waals surface area contributed by atoms with Gasteiger partial charge in [-0.1, -0.05) is 50.6 Å². The lowest BCUT2D eigenvalue weighted by molar-refractivity contribution is 0.392. The highest BCUT2D eigenvalue weighted by Crippen LogP contribution is 2.29. The first-order chi connectivity index (χ1) is 6.04. The molecule has 0 saturated carbocycles. The van der Waals surface area contributed by atoms with Crippen molar-refractivity contribution in [2.45, 2.75) is 40.0 Å². The van der Waals surface area contributed by atoms with Crippen molar-refractivity contribution in [2.24, 2.45) is 5.41 Å². The molecule has 0 aromatic heterocycles. The van der Waals surface area contributed by atoms with Crippen molar-refractivity contribution < 1.29 is 0 Å². The predicted molar refractivity (Wildman–Crippen MR) is 61.8 cm³/mol. The van der Waals surface area contributed by atoms with Gasteiger partial charge in [0.25, 0.3) is 0 Å². The molecule has 0 fully saturated rings. The molecule has 0 aromatic rings. The molecule has 0 aliphatic carbocycles. The highest BCUT2D eigenvalue weighted by Gasteiger charge is 2.17. The largest absolute Gasteiger partial charge is 0.103 e. The van der Waals surface area contributed by atoms with Crippen LogP contribution < -0.4 is 0 Å². The van der Waals surface area contributed by atoms with Gasteiger partial charge >= 0.3 is 0 Å². The number of hydrogen-bond donors (Lipinski definition) is 0. The Hall–Kier alpha value is -0.780. The van der Waals surface area contributed by atoms with E-state index in [1.165, 1.54) is 12.8 Å². The molecule has 13 heavy (non-hydrogen) atoms. The first-order valence-corrected chi connectivity index (χ1v) is 4.99. The molecule has 0 spiro atoms. The van der Waals surface area contributed by atoms with Crippen LogP contribution in [0.4, 0.5) is 0 Å². The van der Waals surface area contributed by atoms with E-state index in [0.717, 1.165) is 12.0 Å². The van der Waals surface area contributed by atoms with E-state index in [4.69, 9.17) is 0 Å². The van der Waals surface area contributed by atoms with Crippen molar-refractivity contribution in [1.82, 2.24) is 0 Å². The third-order valence-electron chi connectivity index (χ3n) is 2.20. The normalized spacial score (nSPS) is 15.6. The van der Waals surface area contributed by atoms with E-state index in [0.29, 0.717) is 0 Å². The molecule has 0 aliphatic heterocycles. The van der Waals surface area contributed by atoms with E-state index < -0.39 is 0 Å². The molecule has 0 heteroatoms. The molecule has 0 heterocycles. The van der Waals surface area contributed by atoms with E-state index in [1.807, 2.05) is 13.0 Å². The summed E-state index contributed by atoms with van der Waals surface area (Å²) in [6.07, 6.45) is 9.84. The molecule has 0 radical (unpaired) electrons. The molecule has 0 amide bonds. The van der Waals surface area contributed by atoms with E-state index in [9.17, 15) is 0 Å². The van der Waals surface area contributed by atoms with Gasteiger partial charge in [0.15, 0.2) is 0 Å². The maximum absolute atomic E-state index is 3.87. The van der Waals surface area contributed by atoms with E-state index >= 15 is 0 Å². The van der Waals surface area contributed by atoms with Crippen LogP contribution in [0.2, 0.25) is 0 Å². The topological polar surface area (TPSA) is 0 Å². The number of hydrogen-bond acceptors (Lipinski definition) is 0. The van der Waals surface area contributed by atoms with Gasteiger partial charge in [0, 0.05) is 0 Å². The van der Waals surface area contributed by atoms with Crippen molar-refractivity contribution in [3.63, 3.8) is 0 Å². The molecular formula is C13H22. The molecule has 0 bridgehead atoms. The minimum Gasteiger partial charge on any atom is -0.103 e. The van der Waals surface area contributed by atoms with Crippen molar-refractivity contribution in [3.8, 4) is 0 Å². The zero-order valence-electron chi connectivity index (χ0n) is 9.27. The average Bonchev–Trinajstić information content (AvgIpc) is 2.02. The molecule has 0 nitrogen and oxygen atoms in total. The Morgan fingerprint density at radius 1 is 1.46 bits per heavy atom. The van der Waals surface area contributed by atoms with Crippen LogP contribution >= 0.6 is 0 Å². The van der Waals surface area contributed by atoms with Gasteiger partial charge in [-0.3, -0.25) is 0 Å². The maximum Gasteiger partial charge on any atom is -0.0109 e. The lowest BCUT2D eigenvalue weighted by Crippen LogP contribution is -2.11. The van der Waals surface area contributed by atoms with Gasteiger partial charge in [-0.2, -0.15) is 0 Å². The molecule has 1 atom stereocenters. The molecular weight excluding hydrogens is 156 g/mol. The van der Waals surface area contributed by atoms with Crippen molar-refractivity contribution in [2.75, 3.05) is 0 Å². The second-order valence-corrected chi connectivity index (χ2v) is 4.08. The Balaban J connectivity index is 4.38. The highest BCUT2D eigenvalue weighted by atomic mass is 14.2. The van der Waals surface area contributed by atoms with Crippen LogP contribution in [-0.2, 0) is 0 Å².